The van der Waals surface area contributed by atoms with Gasteiger partial charge in [0.15, 0.2) is 12.6 Å². The first-order chi connectivity index (χ1) is 31.7. The van der Waals surface area contributed by atoms with Crippen molar-refractivity contribution in [1.82, 2.24) is 0 Å². The molecule has 0 bridgehead atoms. The van der Waals surface area contributed by atoms with Crippen molar-refractivity contribution in [3.63, 3.8) is 0 Å². The minimum Gasteiger partial charge on any atom is -0.432 e. The van der Waals surface area contributed by atoms with Crippen molar-refractivity contribution in [3.05, 3.63) is 11.6 Å². The third kappa shape index (κ3) is 8.07. The van der Waals surface area contributed by atoms with Gasteiger partial charge in [0.05, 0.1) is 49.7 Å². The van der Waals surface area contributed by atoms with Gasteiger partial charge in [-0.05, 0) is 91.8 Å². The molecule has 4 saturated carbocycles. The molecule has 8 aliphatic rings. The SMILES string of the molecule is C[C@@H]1O[C@@H](O[C@H]2[C@H](O)[C@@H](O)[C@H](OC[C@H]3O[C@@H](OC(=O)[C@]45CCC(C)(C)C[C@H]4C4=CC[C@@H]6[C@@]7(C)C[C@H](O)[C@H](O)[C@@](C)(CO)[C@@H]7[C@H](O)C[C@@]6(C)[C@]4(C)CC5)[C@H](O)[C@@H](O)[C@@H]3O)O[C@@H]2CO)[C@@H](O)[C@H](O)[C@H]1O. The van der Waals surface area contributed by atoms with Crippen LogP contribution in [0.25, 0.3) is 0 Å². The fourth-order valence-electron chi connectivity index (χ4n) is 15.1. The van der Waals surface area contributed by atoms with E-state index in [2.05, 4.69) is 40.7 Å². The Kier molecular flexibility index (Phi) is 14.3. The first-order valence-electron chi connectivity index (χ1n) is 24.5. The number of aliphatic hydroxyl groups excluding tert-OH is 13. The number of esters is 1. The standard InChI is InChI=1S/C48H78O20/c1-20-28(53)30(55)33(58)40(64-20)67-36-25(17-49)65-39(35(60)32(36)57)63-18-26-29(54)31(56)34(59)41(66-26)68-42(62)48-12-10-43(2,3)14-22(48)21-8-9-27-44(4)15-24(52)38(61)45(5,19-50)37(44)23(51)16-47(27,7)46(21,6)11-13-48/h8,20,22-41,49-61H,9-19H2,1-7H3/t20-,22-,23+,24-,25+,26+,27+,28-,29+,30+,31-,32+,33-,34+,35+,36+,37+,38-,39+,40-,41-,44+,45-,46+,47+,48-/m0/s1. The lowest BCUT2D eigenvalue weighted by molar-refractivity contribution is -0.361. The summed E-state index contributed by atoms with van der Waals surface area (Å²) in [7, 11) is 0. The second-order valence-corrected chi connectivity index (χ2v) is 23.7. The number of aliphatic hydroxyl groups is 13. The Labute approximate surface area is 396 Å². The van der Waals surface area contributed by atoms with Gasteiger partial charge in [-0.2, -0.15) is 0 Å². The molecule has 3 heterocycles. The van der Waals surface area contributed by atoms with Crippen molar-refractivity contribution < 1.29 is 99.6 Å². The van der Waals surface area contributed by atoms with E-state index in [1.807, 2.05) is 0 Å². The summed E-state index contributed by atoms with van der Waals surface area (Å²) in [4.78, 5) is 15.0. The van der Waals surface area contributed by atoms with Crippen LogP contribution in [0.4, 0.5) is 0 Å². The van der Waals surface area contributed by atoms with Gasteiger partial charge in [-0.25, -0.2) is 0 Å². The molecular formula is C48H78O20. The molecule has 68 heavy (non-hydrogen) atoms. The Bertz CT molecular complexity index is 1870. The Hall–Kier alpha value is -1.51. The number of carbonyl (C=O) groups excluding carboxylic acids is 1. The normalized spacial score (nSPS) is 55.7. The molecule has 20 heteroatoms. The maximum atomic E-state index is 15.0. The molecule has 390 valence electrons. The van der Waals surface area contributed by atoms with Crippen molar-refractivity contribution in [2.75, 3.05) is 19.8 Å². The van der Waals surface area contributed by atoms with E-state index in [4.69, 9.17) is 28.4 Å². The maximum Gasteiger partial charge on any atom is 0.315 e. The molecule has 3 aliphatic heterocycles. The summed E-state index contributed by atoms with van der Waals surface area (Å²) >= 11 is 0. The fourth-order valence-corrected chi connectivity index (χ4v) is 15.1. The van der Waals surface area contributed by atoms with E-state index in [9.17, 15) is 71.2 Å². The van der Waals surface area contributed by atoms with Crippen LogP contribution in [0.15, 0.2) is 11.6 Å². The molecule has 0 aromatic carbocycles. The van der Waals surface area contributed by atoms with Gasteiger partial charge in [0.25, 0.3) is 0 Å². The number of hydrogen-bond acceptors (Lipinski definition) is 20. The van der Waals surface area contributed by atoms with Crippen molar-refractivity contribution in [2.45, 2.75) is 210 Å². The third-order valence-corrected chi connectivity index (χ3v) is 19.3. The van der Waals surface area contributed by atoms with Crippen LogP contribution in [0, 0.1) is 50.2 Å². The van der Waals surface area contributed by atoms with Crippen molar-refractivity contribution in [1.29, 1.82) is 0 Å². The maximum absolute atomic E-state index is 15.0. The quantitative estimate of drug-likeness (QED) is 0.0885. The number of carbonyl (C=O) groups is 1. The third-order valence-electron chi connectivity index (χ3n) is 19.3. The van der Waals surface area contributed by atoms with Crippen LogP contribution in [0.3, 0.4) is 0 Å². The van der Waals surface area contributed by atoms with Crippen LogP contribution in [0.2, 0.25) is 0 Å². The van der Waals surface area contributed by atoms with E-state index in [0.717, 1.165) is 5.57 Å². The Morgan fingerprint density at radius 2 is 1.29 bits per heavy atom. The smallest absolute Gasteiger partial charge is 0.315 e. The highest BCUT2D eigenvalue weighted by Gasteiger charge is 2.73. The van der Waals surface area contributed by atoms with Crippen LogP contribution < -0.4 is 0 Å². The van der Waals surface area contributed by atoms with Crippen molar-refractivity contribution in [3.8, 4) is 0 Å². The van der Waals surface area contributed by atoms with Crippen LogP contribution in [-0.4, -0.2) is 203 Å². The van der Waals surface area contributed by atoms with Crippen LogP contribution in [-0.2, 0) is 33.2 Å². The summed E-state index contributed by atoms with van der Waals surface area (Å²) in [6.45, 7) is 12.1. The summed E-state index contributed by atoms with van der Waals surface area (Å²) in [5.41, 5.74) is -3.01. The van der Waals surface area contributed by atoms with Gasteiger partial charge in [-0.3, -0.25) is 4.79 Å². The van der Waals surface area contributed by atoms with Gasteiger partial charge < -0.3 is 94.8 Å². The Morgan fingerprint density at radius 1 is 0.676 bits per heavy atom. The zero-order valence-electron chi connectivity index (χ0n) is 40.2. The molecule has 26 atom stereocenters. The molecule has 0 radical (unpaired) electrons. The van der Waals surface area contributed by atoms with E-state index in [-0.39, 0.29) is 23.7 Å². The molecule has 0 unspecified atom stereocenters. The first-order valence-corrected chi connectivity index (χ1v) is 24.5. The van der Waals surface area contributed by atoms with Crippen molar-refractivity contribution in [2.24, 2.45) is 50.2 Å². The van der Waals surface area contributed by atoms with Crippen LogP contribution in [0.1, 0.15) is 99.8 Å². The van der Waals surface area contributed by atoms with E-state index in [1.54, 1.807) is 6.92 Å². The number of rotatable bonds is 9. The molecule has 0 spiro atoms. The minimum atomic E-state index is -1.89. The zero-order valence-corrected chi connectivity index (χ0v) is 40.2. The molecular weight excluding hydrogens is 897 g/mol. The lowest BCUT2D eigenvalue weighted by Crippen LogP contribution is -2.71. The Morgan fingerprint density at radius 3 is 1.96 bits per heavy atom. The summed E-state index contributed by atoms with van der Waals surface area (Å²) in [6.07, 6.45) is -21.7. The molecule has 20 nitrogen and oxygen atoms in total. The number of hydrogen-bond donors (Lipinski definition) is 13. The van der Waals surface area contributed by atoms with Gasteiger partial charge in [-0.15, -0.1) is 0 Å². The molecule has 0 aromatic rings. The average molecular weight is 975 g/mol. The fraction of sp³-hybridized carbons (Fsp3) is 0.938. The molecule has 7 fully saturated rings. The molecule has 3 saturated heterocycles. The van der Waals surface area contributed by atoms with E-state index in [1.165, 1.54) is 6.92 Å². The highest BCUT2D eigenvalue weighted by atomic mass is 16.8. The summed E-state index contributed by atoms with van der Waals surface area (Å²) in [5.74, 6) is -1.51. The summed E-state index contributed by atoms with van der Waals surface area (Å²) in [5, 5.41) is 142. The second kappa shape index (κ2) is 18.5. The second-order valence-electron chi connectivity index (χ2n) is 23.7. The van der Waals surface area contributed by atoms with E-state index >= 15 is 0 Å². The molecule has 13 N–H and O–H groups in total. The summed E-state index contributed by atoms with van der Waals surface area (Å²) in [6, 6.07) is 0. The number of ether oxygens (including phenoxy) is 6. The zero-order chi connectivity index (χ0) is 50.0. The number of allylic oxidation sites excluding steroid dienone is 2. The molecule has 0 amide bonds. The molecule has 0 aromatic heterocycles. The highest BCUT2D eigenvalue weighted by molar-refractivity contribution is 5.79. The van der Waals surface area contributed by atoms with Gasteiger partial charge in [0.2, 0.25) is 6.29 Å². The lowest BCUT2D eigenvalue weighted by Gasteiger charge is -2.72. The average Bonchev–Trinajstić information content (AvgIpc) is 3.28. The topological polar surface area (TPSA) is 335 Å². The van der Waals surface area contributed by atoms with Gasteiger partial charge in [0, 0.05) is 11.3 Å². The highest BCUT2D eigenvalue weighted by Crippen LogP contribution is 2.76. The predicted molar refractivity (Wildman–Crippen MR) is 233 cm³/mol. The van der Waals surface area contributed by atoms with E-state index < -0.39 is 169 Å². The molecule has 8 rings (SSSR count). The van der Waals surface area contributed by atoms with Gasteiger partial charge in [0.1, 0.15) is 67.1 Å². The van der Waals surface area contributed by atoms with E-state index in [0.29, 0.717) is 44.9 Å². The van der Waals surface area contributed by atoms with Gasteiger partial charge >= 0.3 is 5.97 Å². The summed E-state index contributed by atoms with van der Waals surface area (Å²) < 4.78 is 34.6. The number of fused-ring (bicyclic) bond motifs is 7. The lowest BCUT2D eigenvalue weighted by atomic mass is 9.33. The van der Waals surface area contributed by atoms with Crippen LogP contribution >= 0.6 is 0 Å². The monoisotopic (exact) mass is 975 g/mol. The first kappa shape index (κ1) is 52.8. The van der Waals surface area contributed by atoms with Crippen LogP contribution in [0.5, 0.6) is 0 Å². The van der Waals surface area contributed by atoms with Crippen molar-refractivity contribution >= 4 is 5.97 Å². The largest absolute Gasteiger partial charge is 0.432 e. The predicted octanol–water partition coefficient (Wildman–Crippen LogP) is -1.92. The Balaban J connectivity index is 0.991. The minimum absolute atomic E-state index is 0.0494. The molecule has 5 aliphatic carbocycles. The van der Waals surface area contributed by atoms with Gasteiger partial charge in [-0.1, -0.05) is 53.2 Å².